The number of fused-ring (bicyclic) bond motifs is 1. The number of halogens is 3. The van der Waals surface area contributed by atoms with Gasteiger partial charge >= 0.3 is 0 Å². The quantitative estimate of drug-likeness (QED) is 0.198. The van der Waals surface area contributed by atoms with Crippen LogP contribution >= 0.6 is 11.6 Å². The highest BCUT2D eigenvalue weighted by atomic mass is 35.5. The van der Waals surface area contributed by atoms with Crippen molar-refractivity contribution in [1.29, 1.82) is 0 Å². The molecular weight excluding hydrogens is 650 g/mol. The van der Waals surface area contributed by atoms with Crippen molar-refractivity contribution in [3.63, 3.8) is 0 Å². The summed E-state index contributed by atoms with van der Waals surface area (Å²) in [7, 11) is -4.41. The minimum atomic E-state index is -4.41. The zero-order valence-corrected chi connectivity index (χ0v) is 28.2. The number of sulfonamides is 1. The van der Waals surface area contributed by atoms with E-state index in [0.717, 1.165) is 75.2 Å². The first kappa shape index (κ1) is 33.4. The maximum absolute atomic E-state index is 15.9. The first-order valence-electron chi connectivity index (χ1n) is 15.9. The molecule has 2 aliphatic rings. The molecule has 2 aromatic heterocycles. The Balaban J connectivity index is 1.35. The molecule has 0 bridgehead atoms. The maximum Gasteiger partial charge on any atom is 0.263 e. The maximum atomic E-state index is 15.9. The number of hydrogen-bond acceptors (Lipinski definition) is 8. The second kappa shape index (κ2) is 13.5. The van der Waals surface area contributed by atoms with Gasteiger partial charge in [0.25, 0.3) is 10.0 Å². The highest BCUT2D eigenvalue weighted by Gasteiger charge is 2.32. The Morgan fingerprint density at radius 3 is 2.51 bits per heavy atom. The Morgan fingerprint density at radius 2 is 1.83 bits per heavy atom. The summed E-state index contributed by atoms with van der Waals surface area (Å²) in [6.07, 6.45) is 5.78. The van der Waals surface area contributed by atoms with E-state index in [9.17, 15) is 8.42 Å². The van der Waals surface area contributed by atoms with Gasteiger partial charge in [-0.15, -0.1) is 0 Å². The SMILES string of the molecule is CCOc1ccc(Cl)c(S(=O)(=O)Nc2cc(F)c(-c3nn(C(C)C)c4c(C5CCC(N6CCOCC6)CC5)cnc(N)c34)cc2F)c1. The molecule has 14 heteroatoms. The van der Waals surface area contributed by atoms with E-state index in [1.165, 1.54) is 18.2 Å². The molecule has 0 amide bonds. The fraction of sp³-hybridized carbons (Fsp3) is 0.455. The van der Waals surface area contributed by atoms with E-state index in [4.69, 9.17) is 31.9 Å². The number of aromatic nitrogens is 3. The summed E-state index contributed by atoms with van der Waals surface area (Å²) < 4.78 is 72.8. The lowest BCUT2D eigenvalue weighted by Crippen LogP contribution is -2.44. The van der Waals surface area contributed by atoms with E-state index in [1.54, 1.807) is 17.8 Å². The Kier molecular flexibility index (Phi) is 9.62. The van der Waals surface area contributed by atoms with E-state index in [1.807, 2.05) is 13.8 Å². The molecule has 0 unspecified atom stereocenters. The van der Waals surface area contributed by atoms with Gasteiger partial charge in [0.1, 0.15) is 33.8 Å². The Hall–Kier alpha value is -3.52. The molecule has 3 heterocycles. The Morgan fingerprint density at radius 1 is 1.11 bits per heavy atom. The molecule has 2 aromatic carbocycles. The number of rotatable bonds is 9. The summed E-state index contributed by atoms with van der Waals surface area (Å²) in [5.74, 6) is -1.26. The molecule has 2 fully saturated rings. The number of nitrogen functional groups attached to an aromatic ring is 1. The van der Waals surface area contributed by atoms with Crippen LogP contribution in [0.2, 0.25) is 5.02 Å². The van der Waals surface area contributed by atoms with Crippen LogP contribution in [0, 0.1) is 11.6 Å². The van der Waals surface area contributed by atoms with Crippen molar-refractivity contribution in [2.24, 2.45) is 0 Å². The molecule has 252 valence electrons. The van der Waals surface area contributed by atoms with Crippen LogP contribution in [0.25, 0.3) is 22.2 Å². The first-order chi connectivity index (χ1) is 22.5. The van der Waals surface area contributed by atoms with Gasteiger partial charge in [0, 0.05) is 49.1 Å². The zero-order valence-electron chi connectivity index (χ0n) is 26.6. The molecule has 0 radical (unpaired) electrons. The number of benzene rings is 2. The van der Waals surface area contributed by atoms with Crippen LogP contribution < -0.4 is 15.2 Å². The number of anilines is 2. The third-order valence-corrected chi connectivity index (χ3v) is 10.9. The number of hydrogen-bond donors (Lipinski definition) is 2. The van der Waals surface area contributed by atoms with E-state index >= 15 is 8.78 Å². The van der Waals surface area contributed by atoms with Gasteiger partial charge in [-0.1, -0.05) is 11.6 Å². The Bertz CT molecular complexity index is 1890. The first-order valence-corrected chi connectivity index (χ1v) is 17.8. The summed E-state index contributed by atoms with van der Waals surface area (Å²) in [6, 6.07) is 6.22. The lowest BCUT2D eigenvalue weighted by Gasteiger charge is -2.39. The third-order valence-electron chi connectivity index (χ3n) is 9.03. The van der Waals surface area contributed by atoms with Crippen molar-refractivity contribution in [2.75, 3.05) is 43.4 Å². The van der Waals surface area contributed by atoms with Crippen molar-refractivity contribution >= 4 is 44.0 Å². The number of morpholine rings is 1. The molecule has 1 aliphatic carbocycles. The molecule has 1 saturated carbocycles. The van der Waals surface area contributed by atoms with Gasteiger partial charge in [-0.3, -0.25) is 14.3 Å². The standard InChI is InChI=1S/C33H39ClF2N6O4S/c1-4-46-22-9-10-25(34)29(15-22)47(43,44)40-28-17-26(35)23(16-27(28)36)31-30-32(42(39-31)19(2)3)24(18-38-33(30)37)20-5-7-21(8-6-20)41-11-13-45-14-12-41/h9-10,15-21,40H,4-8,11-14H2,1-3H3,(H2,37,38). The van der Waals surface area contributed by atoms with Crippen molar-refractivity contribution in [3.8, 4) is 17.0 Å². The minimum absolute atomic E-state index is 0.0995. The highest BCUT2D eigenvalue weighted by Crippen LogP contribution is 2.43. The van der Waals surface area contributed by atoms with Gasteiger partial charge in [-0.2, -0.15) is 5.10 Å². The highest BCUT2D eigenvalue weighted by molar-refractivity contribution is 7.92. The zero-order chi connectivity index (χ0) is 33.5. The normalized spacial score (nSPS) is 19.4. The lowest BCUT2D eigenvalue weighted by molar-refractivity contribution is 0.00731. The van der Waals surface area contributed by atoms with Crippen LogP contribution in [0.1, 0.15) is 64.0 Å². The molecule has 3 N–H and O–H groups in total. The van der Waals surface area contributed by atoms with Gasteiger partial charge in [0.15, 0.2) is 0 Å². The van der Waals surface area contributed by atoms with E-state index in [-0.39, 0.29) is 44.7 Å². The summed E-state index contributed by atoms with van der Waals surface area (Å²) >= 11 is 6.16. The van der Waals surface area contributed by atoms with Crippen LogP contribution in [0.4, 0.5) is 20.3 Å². The largest absolute Gasteiger partial charge is 0.494 e. The molecule has 6 rings (SSSR count). The molecule has 1 saturated heterocycles. The molecule has 10 nitrogen and oxygen atoms in total. The average Bonchev–Trinajstić information content (AvgIpc) is 3.46. The van der Waals surface area contributed by atoms with Crippen LogP contribution in [0.3, 0.4) is 0 Å². The van der Waals surface area contributed by atoms with E-state index < -0.39 is 27.3 Å². The fourth-order valence-electron chi connectivity index (χ4n) is 6.73. The topological polar surface area (TPSA) is 125 Å². The molecule has 0 spiro atoms. The van der Waals surface area contributed by atoms with Crippen LogP contribution in [0.15, 0.2) is 41.4 Å². The van der Waals surface area contributed by atoms with Gasteiger partial charge in [-0.25, -0.2) is 22.2 Å². The van der Waals surface area contributed by atoms with Crippen molar-refractivity contribution in [3.05, 3.63) is 58.7 Å². The number of pyridine rings is 1. The average molecular weight is 689 g/mol. The number of nitrogens with zero attached hydrogens (tertiary/aromatic N) is 4. The van der Waals surface area contributed by atoms with Crippen molar-refractivity contribution in [2.45, 2.75) is 69.4 Å². The summed E-state index contributed by atoms with van der Waals surface area (Å²) in [6.45, 7) is 9.40. The Labute approximate surface area is 278 Å². The third kappa shape index (κ3) is 6.63. The summed E-state index contributed by atoms with van der Waals surface area (Å²) in [4.78, 5) is 6.68. The number of nitrogens with two attached hydrogens (primary N) is 1. The van der Waals surface area contributed by atoms with E-state index in [0.29, 0.717) is 18.0 Å². The van der Waals surface area contributed by atoms with Gasteiger partial charge < -0.3 is 15.2 Å². The van der Waals surface area contributed by atoms with Crippen LogP contribution in [-0.4, -0.2) is 67.0 Å². The second-order valence-electron chi connectivity index (χ2n) is 12.3. The van der Waals surface area contributed by atoms with E-state index in [2.05, 4.69) is 14.6 Å². The number of ether oxygens (including phenoxy) is 2. The number of nitrogens with one attached hydrogen (secondary N) is 1. The van der Waals surface area contributed by atoms with Crippen molar-refractivity contribution < 1.29 is 26.7 Å². The molecule has 47 heavy (non-hydrogen) atoms. The van der Waals surface area contributed by atoms with Gasteiger partial charge in [-0.05, 0) is 76.1 Å². The molecule has 0 atom stereocenters. The summed E-state index contributed by atoms with van der Waals surface area (Å²) in [5.41, 5.74) is 7.56. The fourth-order valence-corrected chi connectivity index (χ4v) is 8.30. The van der Waals surface area contributed by atoms with Gasteiger partial charge in [0.2, 0.25) is 0 Å². The van der Waals surface area contributed by atoms with Crippen LogP contribution in [0.5, 0.6) is 5.75 Å². The van der Waals surface area contributed by atoms with Gasteiger partial charge in [0.05, 0.1) is 41.4 Å². The summed E-state index contributed by atoms with van der Waals surface area (Å²) in [5, 5.41) is 5.10. The molecular formula is C33H39ClF2N6O4S. The predicted molar refractivity (Wildman–Crippen MR) is 178 cm³/mol. The molecule has 1 aliphatic heterocycles. The van der Waals surface area contributed by atoms with Crippen molar-refractivity contribution in [1.82, 2.24) is 19.7 Å². The smallest absolute Gasteiger partial charge is 0.263 e. The minimum Gasteiger partial charge on any atom is -0.494 e. The lowest BCUT2D eigenvalue weighted by atomic mass is 9.81. The van der Waals surface area contributed by atoms with Crippen LogP contribution in [-0.2, 0) is 14.8 Å². The second-order valence-corrected chi connectivity index (χ2v) is 14.4. The monoisotopic (exact) mass is 688 g/mol. The predicted octanol–water partition coefficient (Wildman–Crippen LogP) is 6.75. The molecule has 4 aromatic rings.